The Morgan fingerprint density at radius 3 is 0.885 bits per heavy atom. The molecule has 0 aliphatic carbocycles. The van der Waals surface area contributed by atoms with Crippen LogP contribution in [0.25, 0.3) is 0 Å². The van der Waals surface area contributed by atoms with E-state index in [1.807, 2.05) is 0 Å². The maximum atomic E-state index is 10.3. The van der Waals surface area contributed by atoms with Gasteiger partial charge < -0.3 is 0 Å². The molecular weight excluding hydrogens is 320 g/mol. The van der Waals surface area contributed by atoms with E-state index in [0.717, 1.165) is 12.8 Å². The van der Waals surface area contributed by atoms with E-state index in [0.29, 0.717) is 0 Å². The average molecular weight is 368 g/mol. The van der Waals surface area contributed by atoms with Crippen LogP contribution in [0.4, 0.5) is 0 Å². The summed E-state index contributed by atoms with van der Waals surface area (Å²) in [5.74, 6) is -0.900. The van der Waals surface area contributed by atoms with Gasteiger partial charge in [-0.05, 0) is 6.42 Å². The van der Waals surface area contributed by atoms with Crippen molar-refractivity contribution in [1.29, 1.82) is 0 Å². The molecule has 2 nitrogen and oxygen atoms in total. The van der Waals surface area contributed by atoms with E-state index in [1.54, 1.807) is 0 Å². The second kappa shape index (κ2) is 22.5. The highest BCUT2D eigenvalue weighted by Gasteiger charge is 1.99. The molecular formula is C24H47O2. The summed E-state index contributed by atoms with van der Waals surface area (Å²) in [5.41, 5.74) is 0. The van der Waals surface area contributed by atoms with Gasteiger partial charge in [0.1, 0.15) is 0 Å². The molecule has 2 heteroatoms. The topological polar surface area (TPSA) is 37.0 Å². The molecule has 0 amide bonds. The van der Waals surface area contributed by atoms with Gasteiger partial charge in [0.25, 0.3) is 0 Å². The van der Waals surface area contributed by atoms with Gasteiger partial charge in [0, 0.05) is 0 Å². The Kier molecular flexibility index (Phi) is 22.1. The fraction of sp³-hybridized carbons (Fsp3) is 0.958. The largest absolute Gasteiger partial charge is 0.355 e. The third kappa shape index (κ3) is 23.5. The molecule has 0 unspecified atom stereocenters. The number of unbranched alkanes of at least 4 members (excludes halogenated alkanes) is 20. The van der Waals surface area contributed by atoms with Gasteiger partial charge in [0.05, 0.1) is 6.42 Å². The van der Waals surface area contributed by atoms with E-state index in [4.69, 9.17) is 0 Å². The molecule has 0 bridgehead atoms. The third-order valence-corrected chi connectivity index (χ3v) is 5.48. The van der Waals surface area contributed by atoms with Crippen molar-refractivity contribution in [2.45, 2.75) is 148 Å². The quantitative estimate of drug-likeness (QED) is 0.177. The molecule has 0 spiro atoms. The number of carbonyl (C=O) groups is 1. The van der Waals surface area contributed by atoms with Crippen LogP contribution in [-0.4, -0.2) is 5.97 Å². The fourth-order valence-corrected chi connectivity index (χ4v) is 3.70. The maximum Gasteiger partial charge on any atom is 0.355 e. The Morgan fingerprint density at radius 2 is 0.654 bits per heavy atom. The molecule has 0 aromatic rings. The summed E-state index contributed by atoms with van der Waals surface area (Å²) in [7, 11) is 0. The highest BCUT2D eigenvalue weighted by atomic mass is 16.4. The first kappa shape index (κ1) is 25.5. The second-order valence-corrected chi connectivity index (χ2v) is 8.19. The molecule has 0 fully saturated rings. The lowest BCUT2D eigenvalue weighted by atomic mass is 10.0. The lowest BCUT2D eigenvalue weighted by molar-refractivity contribution is -0.143. The molecule has 0 rings (SSSR count). The Hall–Kier alpha value is -0.530. The first-order chi connectivity index (χ1) is 12.8. The van der Waals surface area contributed by atoms with Gasteiger partial charge in [-0.15, -0.1) is 0 Å². The van der Waals surface area contributed by atoms with Gasteiger partial charge in [-0.25, -0.2) is 9.90 Å². The highest BCUT2D eigenvalue weighted by molar-refractivity contribution is 5.66. The SMILES string of the molecule is CCCCCCCCCCCCCCCCCCCCCCCC([O])=O. The van der Waals surface area contributed by atoms with Crippen molar-refractivity contribution < 1.29 is 9.90 Å². The Balaban J connectivity index is 2.98. The molecule has 1 radical (unpaired) electrons. The van der Waals surface area contributed by atoms with Gasteiger partial charge in [-0.1, -0.05) is 135 Å². The van der Waals surface area contributed by atoms with Crippen LogP contribution in [0.2, 0.25) is 0 Å². The molecule has 0 saturated heterocycles. The molecule has 26 heavy (non-hydrogen) atoms. The summed E-state index contributed by atoms with van der Waals surface area (Å²) in [4.78, 5) is 10.3. The van der Waals surface area contributed by atoms with E-state index in [9.17, 15) is 9.90 Å². The van der Waals surface area contributed by atoms with Gasteiger partial charge >= 0.3 is 5.97 Å². The van der Waals surface area contributed by atoms with Crippen LogP contribution in [0.1, 0.15) is 148 Å². The molecule has 0 aliphatic heterocycles. The predicted molar refractivity (Wildman–Crippen MR) is 113 cm³/mol. The summed E-state index contributed by atoms with van der Waals surface area (Å²) in [6.45, 7) is 2.29. The van der Waals surface area contributed by atoms with E-state index < -0.39 is 5.97 Å². The number of carbonyl (C=O) groups excluding carboxylic acids is 1. The van der Waals surface area contributed by atoms with Gasteiger partial charge in [-0.2, -0.15) is 0 Å². The fourth-order valence-electron chi connectivity index (χ4n) is 3.70. The summed E-state index contributed by atoms with van der Waals surface area (Å²) in [6.07, 6.45) is 28.7. The van der Waals surface area contributed by atoms with E-state index in [-0.39, 0.29) is 6.42 Å². The van der Waals surface area contributed by atoms with Crippen LogP contribution < -0.4 is 0 Å². The summed E-state index contributed by atoms with van der Waals surface area (Å²) >= 11 is 0. The van der Waals surface area contributed by atoms with Crippen molar-refractivity contribution >= 4 is 5.97 Å². The van der Waals surface area contributed by atoms with Crippen LogP contribution in [0.3, 0.4) is 0 Å². The van der Waals surface area contributed by atoms with Crippen molar-refractivity contribution in [3.05, 3.63) is 0 Å². The van der Waals surface area contributed by atoms with Crippen molar-refractivity contribution in [2.75, 3.05) is 0 Å². The van der Waals surface area contributed by atoms with E-state index >= 15 is 0 Å². The zero-order chi connectivity index (χ0) is 19.1. The number of rotatable bonds is 22. The average Bonchev–Trinajstić information content (AvgIpc) is 2.62. The first-order valence-electron chi connectivity index (χ1n) is 12.0. The second-order valence-electron chi connectivity index (χ2n) is 8.19. The minimum absolute atomic E-state index is 0.235. The zero-order valence-electron chi connectivity index (χ0n) is 17.9. The van der Waals surface area contributed by atoms with Crippen LogP contribution in [-0.2, 0) is 9.90 Å². The molecule has 0 aliphatic rings. The Labute approximate surface area is 164 Å². The molecule has 0 aromatic heterocycles. The summed E-state index contributed by atoms with van der Waals surface area (Å²) in [5, 5.41) is 10.3. The number of hydrogen-bond acceptors (Lipinski definition) is 1. The maximum absolute atomic E-state index is 10.3. The van der Waals surface area contributed by atoms with Gasteiger partial charge in [0.2, 0.25) is 0 Å². The van der Waals surface area contributed by atoms with Crippen molar-refractivity contribution in [2.24, 2.45) is 0 Å². The lowest BCUT2D eigenvalue weighted by Gasteiger charge is -2.04. The van der Waals surface area contributed by atoms with Crippen LogP contribution in [0.15, 0.2) is 0 Å². The zero-order valence-corrected chi connectivity index (χ0v) is 17.9. The van der Waals surface area contributed by atoms with E-state index in [1.165, 1.54) is 122 Å². The molecule has 155 valence electrons. The highest BCUT2D eigenvalue weighted by Crippen LogP contribution is 2.15. The number of hydrogen-bond donors (Lipinski definition) is 0. The summed E-state index contributed by atoms with van der Waals surface area (Å²) < 4.78 is 0. The molecule has 0 saturated carbocycles. The van der Waals surface area contributed by atoms with Crippen molar-refractivity contribution in [3.63, 3.8) is 0 Å². The van der Waals surface area contributed by atoms with Gasteiger partial charge in [-0.3, -0.25) is 0 Å². The van der Waals surface area contributed by atoms with Crippen LogP contribution in [0.5, 0.6) is 0 Å². The third-order valence-electron chi connectivity index (χ3n) is 5.48. The Morgan fingerprint density at radius 1 is 0.423 bits per heavy atom. The van der Waals surface area contributed by atoms with Crippen molar-refractivity contribution in [3.8, 4) is 0 Å². The minimum Gasteiger partial charge on any atom is -0.247 e. The normalized spacial score (nSPS) is 11.1. The van der Waals surface area contributed by atoms with Crippen molar-refractivity contribution in [1.82, 2.24) is 0 Å². The molecule has 0 aromatic carbocycles. The monoisotopic (exact) mass is 367 g/mol. The molecule has 0 N–H and O–H groups in total. The van der Waals surface area contributed by atoms with Gasteiger partial charge in [0.15, 0.2) is 0 Å². The van der Waals surface area contributed by atoms with E-state index in [2.05, 4.69) is 6.92 Å². The smallest absolute Gasteiger partial charge is 0.247 e. The first-order valence-corrected chi connectivity index (χ1v) is 12.0. The lowest BCUT2D eigenvalue weighted by Crippen LogP contribution is -1.91. The standard InChI is InChI=1S/C24H47O2/c1-2-3-4-5-6-7-8-9-10-11-12-13-14-15-16-17-18-19-20-21-22-23-24(25)26/h2-23H2,1H3. The summed E-state index contributed by atoms with van der Waals surface area (Å²) in [6, 6.07) is 0. The predicted octanol–water partition coefficient (Wildman–Crippen LogP) is 8.55. The van der Waals surface area contributed by atoms with Crippen LogP contribution in [0, 0.1) is 0 Å². The Bertz CT molecular complexity index is 275. The minimum atomic E-state index is -0.900. The molecule has 0 heterocycles. The van der Waals surface area contributed by atoms with Crippen LogP contribution >= 0.6 is 0 Å². The molecule has 0 atom stereocenters.